The second-order valence-electron chi connectivity index (χ2n) is 3.96. The van der Waals surface area contributed by atoms with E-state index in [0.29, 0.717) is 16.1 Å². The fraction of sp³-hybridized carbons (Fsp3) is 0.231. The Morgan fingerprint density at radius 2 is 1.67 bits per heavy atom. The van der Waals surface area contributed by atoms with Crippen molar-refractivity contribution in [3.8, 4) is 5.75 Å². The van der Waals surface area contributed by atoms with Gasteiger partial charge in [0.15, 0.2) is 5.82 Å². The molecule has 0 aliphatic heterocycles. The summed E-state index contributed by atoms with van der Waals surface area (Å²) >= 11 is 11.6. The van der Waals surface area contributed by atoms with Crippen LogP contribution in [0.25, 0.3) is 0 Å². The Bertz CT molecular complexity index is 553. The van der Waals surface area contributed by atoms with Gasteiger partial charge in [0.1, 0.15) is 22.7 Å². The first-order valence-corrected chi connectivity index (χ1v) is 6.19. The maximum Gasteiger partial charge on any atom is 0.169 e. The number of nitrogens with zero attached hydrogens (tertiary/aromatic N) is 2. The molecule has 2 aromatic rings. The van der Waals surface area contributed by atoms with Crippen molar-refractivity contribution in [3.63, 3.8) is 0 Å². The van der Waals surface area contributed by atoms with Crippen LogP contribution in [0.2, 0.25) is 10.3 Å². The monoisotopic (exact) mass is 282 g/mol. The van der Waals surface area contributed by atoms with Gasteiger partial charge >= 0.3 is 0 Å². The van der Waals surface area contributed by atoms with Crippen molar-refractivity contribution >= 4 is 23.2 Å². The molecule has 0 fully saturated rings. The van der Waals surface area contributed by atoms with Crippen LogP contribution in [0.1, 0.15) is 17.0 Å². The molecule has 0 unspecified atom stereocenters. The van der Waals surface area contributed by atoms with Crippen LogP contribution >= 0.6 is 23.2 Å². The fourth-order valence-corrected chi connectivity index (χ4v) is 1.91. The number of aromatic nitrogens is 2. The highest BCUT2D eigenvalue weighted by molar-refractivity contribution is 6.33. The molecular weight excluding hydrogens is 271 g/mol. The van der Waals surface area contributed by atoms with Gasteiger partial charge in [0, 0.05) is 6.07 Å². The van der Waals surface area contributed by atoms with Crippen molar-refractivity contribution in [2.45, 2.75) is 20.5 Å². The molecule has 2 rings (SSSR count). The summed E-state index contributed by atoms with van der Waals surface area (Å²) in [5.41, 5.74) is 2.40. The molecule has 0 saturated carbocycles. The number of hydrogen-bond donors (Lipinski definition) is 0. The normalized spacial score (nSPS) is 10.4. The minimum absolute atomic E-state index is 0.239. The van der Waals surface area contributed by atoms with Crippen molar-refractivity contribution in [2.75, 3.05) is 0 Å². The number of ether oxygens (including phenoxy) is 1. The Balaban J connectivity index is 2.08. The molecule has 0 atom stereocenters. The van der Waals surface area contributed by atoms with Gasteiger partial charge in [0.2, 0.25) is 0 Å². The Morgan fingerprint density at radius 3 is 2.28 bits per heavy atom. The van der Waals surface area contributed by atoms with Gasteiger partial charge in [-0.3, -0.25) is 0 Å². The summed E-state index contributed by atoms with van der Waals surface area (Å²) in [4.78, 5) is 8.07. The van der Waals surface area contributed by atoms with Crippen LogP contribution in [0.3, 0.4) is 0 Å². The largest absolute Gasteiger partial charge is 0.486 e. The third-order valence-electron chi connectivity index (χ3n) is 2.56. The molecule has 5 heteroatoms. The van der Waals surface area contributed by atoms with Gasteiger partial charge in [-0.25, -0.2) is 9.97 Å². The minimum atomic E-state index is 0.239. The quantitative estimate of drug-likeness (QED) is 0.799. The zero-order valence-electron chi connectivity index (χ0n) is 10.1. The molecule has 0 N–H and O–H groups in total. The van der Waals surface area contributed by atoms with E-state index in [1.165, 1.54) is 17.2 Å². The van der Waals surface area contributed by atoms with E-state index in [4.69, 9.17) is 27.9 Å². The fourth-order valence-electron chi connectivity index (χ4n) is 1.45. The molecular formula is C13H12Cl2N2O. The lowest BCUT2D eigenvalue weighted by Crippen LogP contribution is -2.02. The van der Waals surface area contributed by atoms with E-state index in [1.807, 2.05) is 25.1 Å². The highest BCUT2D eigenvalue weighted by Crippen LogP contribution is 2.18. The summed E-state index contributed by atoms with van der Waals surface area (Å²) in [6.07, 6.45) is 0. The Labute approximate surface area is 116 Å². The van der Waals surface area contributed by atoms with Gasteiger partial charge in [-0.05, 0) is 37.1 Å². The molecule has 0 radical (unpaired) electrons. The van der Waals surface area contributed by atoms with Gasteiger partial charge in [-0.1, -0.05) is 29.3 Å². The molecule has 18 heavy (non-hydrogen) atoms. The second-order valence-corrected chi connectivity index (χ2v) is 4.74. The summed E-state index contributed by atoms with van der Waals surface area (Å²) < 4.78 is 5.60. The minimum Gasteiger partial charge on any atom is -0.486 e. The molecule has 0 amide bonds. The lowest BCUT2D eigenvalue weighted by molar-refractivity contribution is 0.295. The highest BCUT2D eigenvalue weighted by atomic mass is 35.5. The number of aryl methyl sites for hydroxylation is 2. The van der Waals surface area contributed by atoms with E-state index in [1.54, 1.807) is 0 Å². The van der Waals surface area contributed by atoms with Crippen LogP contribution in [-0.4, -0.2) is 9.97 Å². The molecule has 0 aliphatic rings. The standard InChI is InChI=1S/C13H12Cl2N2O/c1-8-3-4-10(5-9(8)2)18-7-13-16-11(14)6-12(15)17-13/h3-6H,7H2,1-2H3. The first kappa shape index (κ1) is 13.1. The molecule has 0 saturated heterocycles. The summed E-state index contributed by atoms with van der Waals surface area (Å²) in [7, 11) is 0. The molecule has 1 aromatic heterocycles. The zero-order chi connectivity index (χ0) is 13.1. The van der Waals surface area contributed by atoms with Crippen LogP contribution in [0.4, 0.5) is 0 Å². The van der Waals surface area contributed by atoms with Crippen LogP contribution in [-0.2, 0) is 6.61 Å². The van der Waals surface area contributed by atoms with E-state index in [-0.39, 0.29) is 6.61 Å². The summed E-state index contributed by atoms with van der Waals surface area (Å²) in [5, 5.41) is 0.627. The van der Waals surface area contributed by atoms with Gasteiger partial charge < -0.3 is 4.74 Å². The Kier molecular flexibility index (Phi) is 4.04. The van der Waals surface area contributed by atoms with Crippen molar-refractivity contribution < 1.29 is 4.74 Å². The molecule has 94 valence electrons. The average Bonchev–Trinajstić information content (AvgIpc) is 2.29. The van der Waals surface area contributed by atoms with Gasteiger partial charge in [-0.15, -0.1) is 0 Å². The van der Waals surface area contributed by atoms with E-state index >= 15 is 0 Å². The third kappa shape index (κ3) is 3.34. The molecule has 1 heterocycles. The average molecular weight is 283 g/mol. The Morgan fingerprint density at radius 1 is 1.00 bits per heavy atom. The third-order valence-corrected chi connectivity index (χ3v) is 2.94. The molecule has 0 spiro atoms. The predicted molar refractivity (Wildman–Crippen MR) is 72.3 cm³/mol. The van der Waals surface area contributed by atoms with Crippen LogP contribution < -0.4 is 4.74 Å². The number of halogens is 2. The van der Waals surface area contributed by atoms with Crippen LogP contribution in [0.5, 0.6) is 5.75 Å². The van der Waals surface area contributed by atoms with Gasteiger partial charge in [0.25, 0.3) is 0 Å². The zero-order valence-corrected chi connectivity index (χ0v) is 11.6. The van der Waals surface area contributed by atoms with Crippen molar-refractivity contribution in [3.05, 3.63) is 51.5 Å². The van der Waals surface area contributed by atoms with Gasteiger partial charge in [-0.2, -0.15) is 0 Å². The maximum absolute atomic E-state index is 5.79. The number of benzene rings is 1. The van der Waals surface area contributed by atoms with Crippen molar-refractivity contribution in [2.24, 2.45) is 0 Å². The predicted octanol–water partition coefficient (Wildman–Crippen LogP) is 3.98. The van der Waals surface area contributed by atoms with E-state index in [2.05, 4.69) is 16.9 Å². The summed E-state index contributed by atoms with van der Waals surface area (Å²) in [6, 6.07) is 7.38. The number of hydrogen-bond acceptors (Lipinski definition) is 3. The highest BCUT2D eigenvalue weighted by Gasteiger charge is 2.03. The van der Waals surface area contributed by atoms with Crippen molar-refractivity contribution in [1.82, 2.24) is 9.97 Å². The summed E-state index contributed by atoms with van der Waals surface area (Å²) in [6.45, 7) is 4.33. The van der Waals surface area contributed by atoms with Gasteiger partial charge in [0.05, 0.1) is 0 Å². The van der Waals surface area contributed by atoms with Crippen LogP contribution in [0.15, 0.2) is 24.3 Å². The molecule has 0 bridgehead atoms. The number of rotatable bonds is 3. The maximum atomic E-state index is 5.79. The first-order valence-electron chi connectivity index (χ1n) is 5.43. The SMILES string of the molecule is Cc1ccc(OCc2nc(Cl)cc(Cl)n2)cc1C. The molecule has 3 nitrogen and oxygen atoms in total. The lowest BCUT2D eigenvalue weighted by atomic mass is 10.1. The lowest BCUT2D eigenvalue weighted by Gasteiger charge is -2.07. The van der Waals surface area contributed by atoms with E-state index < -0.39 is 0 Å². The van der Waals surface area contributed by atoms with E-state index in [9.17, 15) is 0 Å². The molecule has 1 aromatic carbocycles. The van der Waals surface area contributed by atoms with Crippen LogP contribution in [0, 0.1) is 13.8 Å². The first-order chi connectivity index (χ1) is 8.54. The second kappa shape index (κ2) is 5.55. The van der Waals surface area contributed by atoms with Crippen molar-refractivity contribution in [1.29, 1.82) is 0 Å². The van der Waals surface area contributed by atoms with E-state index in [0.717, 1.165) is 5.75 Å². The topological polar surface area (TPSA) is 35.0 Å². The Hall–Kier alpha value is -1.32. The summed E-state index contributed by atoms with van der Waals surface area (Å²) in [5.74, 6) is 1.24. The molecule has 0 aliphatic carbocycles. The smallest absolute Gasteiger partial charge is 0.169 e.